The van der Waals surface area contributed by atoms with E-state index in [0.717, 1.165) is 23.0 Å². The van der Waals surface area contributed by atoms with Crippen LogP contribution < -0.4 is 5.32 Å². The Kier molecular flexibility index (Phi) is 4.71. The molecule has 0 spiro atoms. The Labute approximate surface area is 133 Å². The number of halogens is 2. The summed E-state index contributed by atoms with van der Waals surface area (Å²) in [7, 11) is 0. The molecule has 0 amide bonds. The van der Waals surface area contributed by atoms with Crippen LogP contribution in [0.25, 0.3) is 0 Å². The van der Waals surface area contributed by atoms with Gasteiger partial charge in [0.25, 0.3) is 0 Å². The number of hydrogen-bond donors (Lipinski definition) is 1. The Bertz CT molecular complexity index is 592. The first-order chi connectivity index (χ1) is 10.2. The molecule has 0 aromatic heterocycles. The van der Waals surface area contributed by atoms with Gasteiger partial charge in [0.05, 0.1) is 0 Å². The minimum Gasteiger partial charge on any atom is -0.313 e. The van der Waals surface area contributed by atoms with Gasteiger partial charge in [-0.2, -0.15) is 0 Å². The van der Waals surface area contributed by atoms with Crippen LogP contribution in [-0.4, -0.2) is 12.6 Å². The van der Waals surface area contributed by atoms with Gasteiger partial charge >= 0.3 is 0 Å². The summed E-state index contributed by atoms with van der Waals surface area (Å²) in [5, 5.41) is 3.57. The summed E-state index contributed by atoms with van der Waals surface area (Å²) in [5.74, 6) is 0.155. The molecule has 1 nitrogen and oxygen atoms in total. The average Bonchev–Trinajstić information content (AvgIpc) is 3.30. The van der Waals surface area contributed by atoms with Crippen LogP contribution in [0.15, 0.2) is 53.0 Å². The lowest BCUT2D eigenvalue weighted by molar-refractivity contribution is 0.569. The second-order valence-electron chi connectivity index (χ2n) is 5.77. The van der Waals surface area contributed by atoms with E-state index in [1.54, 1.807) is 12.1 Å². The number of hydrogen-bond acceptors (Lipinski definition) is 1. The van der Waals surface area contributed by atoms with Crippen LogP contribution in [-0.2, 0) is 6.42 Å². The van der Waals surface area contributed by atoms with Crippen molar-refractivity contribution in [1.29, 1.82) is 0 Å². The van der Waals surface area contributed by atoms with E-state index in [4.69, 9.17) is 0 Å². The average molecular weight is 348 g/mol. The van der Waals surface area contributed by atoms with Crippen molar-refractivity contribution >= 4 is 15.9 Å². The highest BCUT2D eigenvalue weighted by molar-refractivity contribution is 9.10. The molecular weight excluding hydrogens is 329 g/mol. The highest BCUT2D eigenvalue weighted by atomic mass is 79.9. The van der Waals surface area contributed by atoms with Crippen molar-refractivity contribution in [3.8, 4) is 0 Å². The number of rotatable bonds is 6. The molecule has 1 saturated carbocycles. The third kappa shape index (κ3) is 4.39. The molecule has 1 aliphatic rings. The van der Waals surface area contributed by atoms with E-state index in [2.05, 4.69) is 45.5 Å². The first kappa shape index (κ1) is 14.7. The van der Waals surface area contributed by atoms with Gasteiger partial charge in [-0.15, -0.1) is 0 Å². The van der Waals surface area contributed by atoms with Crippen molar-refractivity contribution in [2.24, 2.45) is 0 Å². The molecule has 2 aromatic rings. The van der Waals surface area contributed by atoms with Gasteiger partial charge in [-0.1, -0.05) is 40.2 Å². The predicted molar refractivity (Wildman–Crippen MR) is 88.0 cm³/mol. The zero-order valence-electron chi connectivity index (χ0n) is 11.9. The van der Waals surface area contributed by atoms with Crippen LogP contribution in [0.1, 0.15) is 29.9 Å². The Hall–Kier alpha value is -1.19. The maximum atomic E-state index is 13.5. The van der Waals surface area contributed by atoms with Gasteiger partial charge in [-0.05, 0) is 54.7 Å². The van der Waals surface area contributed by atoms with Crippen molar-refractivity contribution in [2.45, 2.75) is 31.2 Å². The second-order valence-corrected chi connectivity index (χ2v) is 6.68. The van der Waals surface area contributed by atoms with E-state index >= 15 is 0 Å². The van der Waals surface area contributed by atoms with E-state index in [1.165, 1.54) is 24.5 Å². The van der Waals surface area contributed by atoms with Gasteiger partial charge in [0.1, 0.15) is 5.82 Å². The van der Waals surface area contributed by atoms with Gasteiger partial charge in [0.2, 0.25) is 0 Å². The van der Waals surface area contributed by atoms with Crippen LogP contribution >= 0.6 is 15.9 Å². The van der Waals surface area contributed by atoms with Crippen LogP contribution in [0.5, 0.6) is 0 Å². The quantitative estimate of drug-likeness (QED) is 0.800. The molecule has 0 aliphatic heterocycles. The fourth-order valence-corrected chi connectivity index (χ4v) is 2.83. The molecule has 0 radical (unpaired) electrons. The second kappa shape index (κ2) is 6.71. The van der Waals surface area contributed by atoms with Crippen molar-refractivity contribution in [3.63, 3.8) is 0 Å². The largest absolute Gasteiger partial charge is 0.313 e. The first-order valence-electron chi connectivity index (χ1n) is 7.44. The zero-order chi connectivity index (χ0) is 14.7. The van der Waals surface area contributed by atoms with Gasteiger partial charge < -0.3 is 5.32 Å². The lowest BCUT2D eigenvalue weighted by atomic mass is 9.92. The molecule has 1 aliphatic carbocycles. The predicted octanol–water partition coefficient (Wildman–Crippen LogP) is 4.67. The summed E-state index contributed by atoms with van der Waals surface area (Å²) in [5.41, 5.74) is 2.36. The third-order valence-electron chi connectivity index (χ3n) is 3.95. The smallest absolute Gasteiger partial charge is 0.123 e. The molecule has 0 heterocycles. The molecule has 0 bridgehead atoms. The van der Waals surface area contributed by atoms with Crippen LogP contribution in [0.2, 0.25) is 0 Å². The van der Waals surface area contributed by atoms with Crippen LogP contribution in [0.4, 0.5) is 4.39 Å². The minimum absolute atomic E-state index is 0.153. The standard InChI is InChI=1S/C18H19BrFN/c19-16-6-4-13(5-7-16)10-15(12-21-18-8-9-18)14-2-1-3-17(20)11-14/h1-7,11,15,18,21H,8-10,12H2. The lowest BCUT2D eigenvalue weighted by Crippen LogP contribution is -2.24. The molecule has 3 rings (SSSR count). The van der Waals surface area contributed by atoms with Crippen molar-refractivity contribution in [3.05, 3.63) is 69.9 Å². The maximum absolute atomic E-state index is 13.5. The lowest BCUT2D eigenvalue weighted by Gasteiger charge is -2.18. The topological polar surface area (TPSA) is 12.0 Å². The summed E-state index contributed by atoms with van der Waals surface area (Å²) in [6.45, 7) is 0.907. The van der Waals surface area contributed by atoms with E-state index in [9.17, 15) is 4.39 Å². The molecular formula is C18H19BrFN. The summed E-state index contributed by atoms with van der Waals surface area (Å²) >= 11 is 3.46. The van der Waals surface area contributed by atoms with E-state index in [0.29, 0.717) is 12.0 Å². The Balaban J connectivity index is 1.75. The highest BCUT2D eigenvalue weighted by Gasteiger charge is 2.22. The van der Waals surface area contributed by atoms with E-state index in [-0.39, 0.29) is 5.82 Å². The summed E-state index contributed by atoms with van der Waals surface area (Å²) < 4.78 is 14.6. The molecule has 3 heteroatoms. The summed E-state index contributed by atoms with van der Waals surface area (Å²) in [6.07, 6.45) is 3.47. The van der Waals surface area contributed by atoms with Crippen LogP contribution in [0.3, 0.4) is 0 Å². The number of benzene rings is 2. The summed E-state index contributed by atoms with van der Waals surface area (Å²) in [6, 6.07) is 16.1. The molecule has 1 N–H and O–H groups in total. The fraction of sp³-hybridized carbons (Fsp3) is 0.333. The van der Waals surface area contributed by atoms with Gasteiger partial charge in [0, 0.05) is 23.0 Å². The molecule has 0 saturated heterocycles. The molecule has 2 aromatic carbocycles. The molecule has 110 valence electrons. The third-order valence-corrected chi connectivity index (χ3v) is 4.47. The SMILES string of the molecule is Fc1cccc(C(CNC2CC2)Cc2ccc(Br)cc2)c1. The maximum Gasteiger partial charge on any atom is 0.123 e. The van der Waals surface area contributed by atoms with Crippen molar-refractivity contribution < 1.29 is 4.39 Å². The zero-order valence-corrected chi connectivity index (χ0v) is 13.4. The highest BCUT2D eigenvalue weighted by Crippen LogP contribution is 2.25. The van der Waals surface area contributed by atoms with E-state index < -0.39 is 0 Å². The first-order valence-corrected chi connectivity index (χ1v) is 8.23. The van der Waals surface area contributed by atoms with Gasteiger partial charge in [-0.25, -0.2) is 4.39 Å². The van der Waals surface area contributed by atoms with Crippen LogP contribution in [0, 0.1) is 5.82 Å². The normalized spacial score (nSPS) is 15.9. The van der Waals surface area contributed by atoms with E-state index in [1.807, 2.05) is 6.07 Å². The molecule has 1 unspecified atom stereocenters. The van der Waals surface area contributed by atoms with Gasteiger partial charge in [0.15, 0.2) is 0 Å². The Morgan fingerprint density at radius 2 is 1.90 bits per heavy atom. The van der Waals surface area contributed by atoms with Gasteiger partial charge in [-0.3, -0.25) is 0 Å². The molecule has 1 fully saturated rings. The number of nitrogens with one attached hydrogen (secondary N) is 1. The van der Waals surface area contributed by atoms with Crippen molar-refractivity contribution in [2.75, 3.05) is 6.54 Å². The van der Waals surface area contributed by atoms with Crippen molar-refractivity contribution in [1.82, 2.24) is 5.32 Å². The Morgan fingerprint density at radius 3 is 2.57 bits per heavy atom. The molecule has 1 atom stereocenters. The Morgan fingerprint density at radius 1 is 1.14 bits per heavy atom. The minimum atomic E-state index is -0.153. The summed E-state index contributed by atoms with van der Waals surface area (Å²) in [4.78, 5) is 0. The fourth-order valence-electron chi connectivity index (χ4n) is 2.57. The monoisotopic (exact) mass is 347 g/mol. The molecule has 21 heavy (non-hydrogen) atoms.